The summed E-state index contributed by atoms with van der Waals surface area (Å²) in [7, 11) is 0. The van der Waals surface area contributed by atoms with E-state index in [1.54, 1.807) is 0 Å². The number of hydrogen-bond donors (Lipinski definition) is 1. The summed E-state index contributed by atoms with van der Waals surface area (Å²) < 4.78 is 18.7. The number of hydrogen-bond acceptors (Lipinski definition) is 5. The fourth-order valence-corrected chi connectivity index (χ4v) is 4.17. The zero-order chi connectivity index (χ0) is 23.2. The van der Waals surface area contributed by atoms with Gasteiger partial charge in [-0.25, -0.2) is 0 Å². The van der Waals surface area contributed by atoms with Crippen molar-refractivity contribution in [2.45, 2.75) is 39.6 Å². The maximum absolute atomic E-state index is 9.58. The first kappa shape index (κ1) is 23.3. The molecule has 4 aromatic rings. The monoisotopic (exact) mass is 555 g/mol. The summed E-state index contributed by atoms with van der Waals surface area (Å²) in [6, 6.07) is 24.1. The predicted molar refractivity (Wildman–Crippen MR) is 136 cm³/mol. The molecular formula is C27H26INO4. The average molecular weight is 555 g/mol. The minimum absolute atomic E-state index is 0.208. The number of aliphatic hydroxyl groups excluding tert-OH is 1. The van der Waals surface area contributed by atoms with Gasteiger partial charge in [-0.2, -0.15) is 0 Å². The second-order valence-electron chi connectivity index (χ2n) is 8.02. The van der Waals surface area contributed by atoms with Crippen LogP contribution in [-0.4, -0.2) is 10.3 Å². The van der Waals surface area contributed by atoms with Crippen LogP contribution in [0.2, 0.25) is 0 Å². The van der Waals surface area contributed by atoms with Gasteiger partial charge in [-0.1, -0.05) is 79.7 Å². The zero-order valence-corrected chi connectivity index (χ0v) is 20.8. The lowest BCUT2D eigenvalue weighted by molar-refractivity contribution is 0.228. The molecule has 0 saturated heterocycles. The SMILES string of the molecule is CC(C)c1cc(-c2noc(CO)c2I)c(OCc2ccccc2)cc1OCc1ccccc1. The van der Waals surface area contributed by atoms with E-state index in [0.717, 1.165) is 31.6 Å². The molecule has 0 aliphatic carbocycles. The summed E-state index contributed by atoms with van der Waals surface area (Å²) in [6.45, 7) is 4.93. The minimum Gasteiger partial charge on any atom is -0.488 e. The summed E-state index contributed by atoms with van der Waals surface area (Å²) in [5, 5.41) is 13.8. The maximum atomic E-state index is 9.58. The van der Waals surface area contributed by atoms with E-state index < -0.39 is 0 Å². The van der Waals surface area contributed by atoms with Crippen LogP contribution in [0, 0.1) is 3.57 Å². The first-order chi connectivity index (χ1) is 16.1. The van der Waals surface area contributed by atoms with E-state index in [4.69, 9.17) is 14.0 Å². The van der Waals surface area contributed by atoms with Gasteiger partial charge in [0.15, 0.2) is 5.76 Å². The molecule has 0 spiro atoms. The van der Waals surface area contributed by atoms with Gasteiger partial charge in [-0.05, 0) is 51.3 Å². The van der Waals surface area contributed by atoms with E-state index in [-0.39, 0.29) is 12.5 Å². The Morgan fingerprint density at radius 2 is 1.45 bits per heavy atom. The molecule has 3 aromatic carbocycles. The van der Waals surface area contributed by atoms with Gasteiger partial charge in [0.25, 0.3) is 0 Å². The molecule has 0 unspecified atom stereocenters. The highest BCUT2D eigenvalue weighted by Crippen LogP contribution is 2.41. The number of benzene rings is 3. The van der Waals surface area contributed by atoms with Crippen LogP contribution in [0.25, 0.3) is 11.3 Å². The lowest BCUT2D eigenvalue weighted by Crippen LogP contribution is -2.04. The summed E-state index contributed by atoms with van der Waals surface area (Å²) in [5.41, 5.74) is 4.68. The molecule has 0 atom stereocenters. The Hall–Kier alpha value is -2.84. The third-order valence-electron chi connectivity index (χ3n) is 5.31. The van der Waals surface area contributed by atoms with Gasteiger partial charge in [0, 0.05) is 11.6 Å². The molecule has 0 aliphatic rings. The topological polar surface area (TPSA) is 64.7 Å². The quantitative estimate of drug-likeness (QED) is 0.233. The van der Waals surface area contributed by atoms with Gasteiger partial charge in [0.1, 0.15) is 37.0 Å². The van der Waals surface area contributed by atoms with Crippen molar-refractivity contribution in [3.8, 4) is 22.8 Å². The number of aromatic nitrogens is 1. The smallest absolute Gasteiger partial charge is 0.176 e. The number of rotatable bonds is 9. The first-order valence-corrected chi connectivity index (χ1v) is 11.9. The normalized spacial score (nSPS) is 11.1. The van der Waals surface area contributed by atoms with Crippen molar-refractivity contribution in [3.05, 3.63) is 98.8 Å². The van der Waals surface area contributed by atoms with E-state index in [2.05, 4.69) is 47.7 Å². The third kappa shape index (κ3) is 5.57. The van der Waals surface area contributed by atoms with Crippen molar-refractivity contribution in [1.82, 2.24) is 5.16 Å². The lowest BCUT2D eigenvalue weighted by Gasteiger charge is -2.19. The van der Waals surface area contributed by atoms with Crippen LogP contribution in [0.1, 0.15) is 42.2 Å². The van der Waals surface area contributed by atoms with Crippen LogP contribution in [0.4, 0.5) is 0 Å². The average Bonchev–Trinajstić information content (AvgIpc) is 3.22. The summed E-state index contributed by atoms with van der Waals surface area (Å²) in [6.07, 6.45) is 0. The number of aliphatic hydroxyl groups is 1. The van der Waals surface area contributed by atoms with Gasteiger partial charge in [-0.15, -0.1) is 0 Å². The predicted octanol–water partition coefficient (Wildman–Crippen LogP) is 6.72. The maximum Gasteiger partial charge on any atom is 0.176 e. The van der Waals surface area contributed by atoms with Crippen LogP contribution in [-0.2, 0) is 19.8 Å². The van der Waals surface area contributed by atoms with Crippen LogP contribution in [0.15, 0.2) is 77.3 Å². The Morgan fingerprint density at radius 1 is 0.879 bits per heavy atom. The molecule has 4 rings (SSSR count). The van der Waals surface area contributed by atoms with Crippen molar-refractivity contribution >= 4 is 22.6 Å². The molecule has 0 bridgehead atoms. The molecule has 1 N–H and O–H groups in total. The highest BCUT2D eigenvalue weighted by atomic mass is 127. The summed E-state index contributed by atoms with van der Waals surface area (Å²) in [5.74, 6) is 2.10. The molecule has 33 heavy (non-hydrogen) atoms. The van der Waals surface area contributed by atoms with E-state index in [1.165, 1.54) is 0 Å². The molecule has 0 saturated carbocycles. The van der Waals surface area contributed by atoms with Crippen LogP contribution >= 0.6 is 22.6 Å². The molecule has 0 aliphatic heterocycles. The molecule has 0 radical (unpaired) electrons. The number of halogens is 1. The van der Waals surface area contributed by atoms with Gasteiger partial charge < -0.3 is 19.1 Å². The van der Waals surface area contributed by atoms with Gasteiger partial charge in [0.05, 0.1) is 3.57 Å². The molecule has 1 aromatic heterocycles. The molecule has 0 amide bonds. The second-order valence-corrected chi connectivity index (χ2v) is 9.09. The highest BCUT2D eigenvalue weighted by molar-refractivity contribution is 14.1. The third-order valence-corrected chi connectivity index (χ3v) is 6.42. The Balaban J connectivity index is 1.74. The second kappa shape index (κ2) is 10.9. The fraction of sp³-hybridized carbons (Fsp3) is 0.222. The van der Waals surface area contributed by atoms with E-state index in [0.29, 0.717) is 30.4 Å². The highest BCUT2D eigenvalue weighted by Gasteiger charge is 2.22. The van der Waals surface area contributed by atoms with Crippen molar-refractivity contribution < 1.29 is 19.1 Å². The van der Waals surface area contributed by atoms with Crippen LogP contribution < -0.4 is 9.47 Å². The molecule has 5 nitrogen and oxygen atoms in total. The van der Waals surface area contributed by atoms with Gasteiger partial charge in [-0.3, -0.25) is 0 Å². The van der Waals surface area contributed by atoms with Gasteiger partial charge >= 0.3 is 0 Å². The lowest BCUT2D eigenvalue weighted by atomic mass is 9.97. The van der Waals surface area contributed by atoms with Crippen molar-refractivity contribution in [2.75, 3.05) is 0 Å². The van der Waals surface area contributed by atoms with Crippen molar-refractivity contribution in [3.63, 3.8) is 0 Å². The first-order valence-electron chi connectivity index (χ1n) is 10.8. The molecule has 0 fully saturated rings. The van der Waals surface area contributed by atoms with Crippen LogP contribution in [0.3, 0.4) is 0 Å². The summed E-state index contributed by atoms with van der Waals surface area (Å²) in [4.78, 5) is 0. The Morgan fingerprint density at radius 3 is 1.97 bits per heavy atom. The molecule has 1 heterocycles. The van der Waals surface area contributed by atoms with E-state index in [9.17, 15) is 5.11 Å². The van der Waals surface area contributed by atoms with Crippen molar-refractivity contribution in [1.29, 1.82) is 0 Å². The Bertz CT molecular complexity index is 1190. The summed E-state index contributed by atoms with van der Waals surface area (Å²) >= 11 is 2.16. The molecule has 6 heteroatoms. The zero-order valence-electron chi connectivity index (χ0n) is 18.6. The fourth-order valence-electron chi connectivity index (χ4n) is 3.51. The van der Waals surface area contributed by atoms with E-state index >= 15 is 0 Å². The van der Waals surface area contributed by atoms with Crippen molar-refractivity contribution in [2.24, 2.45) is 0 Å². The Labute approximate surface area is 207 Å². The Kier molecular flexibility index (Phi) is 7.67. The largest absolute Gasteiger partial charge is 0.488 e. The minimum atomic E-state index is -0.208. The molecular weight excluding hydrogens is 529 g/mol. The standard InChI is InChI=1S/C27H26INO4/c1-18(2)21-13-22(27-26(28)25(15-30)33-29-27)24(32-17-20-11-7-4-8-12-20)14-23(21)31-16-19-9-5-3-6-10-19/h3-14,18,30H,15-17H2,1-2H3. The molecule has 170 valence electrons. The van der Waals surface area contributed by atoms with Crippen LogP contribution in [0.5, 0.6) is 11.5 Å². The van der Waals surface area contributed by atoms with Gasteiger partial charge in [0.2, 0.25) is 0 Å². The number of ether oxygens (including phenoxy) is 2. The van der Waals surface area contributed by atoms with E-state index in [1.807, 2.05) is 66.7 Å². The number of nitrogens with zero attached hydrogens (tertiary/aromatic N) is 1.